The number of para-hydroxylation sites is 4. The number of hydrogen-bond donors (Lipinski definition) is 2. The third-order valence-corrected chi connectivity index (χ3v) is 6.82. The van der Waals surface area contributed by atoms with Crippen LogP contribution in [0.1, 0.15) is 42.6 Å². The summed E-state index contributed by atoms with van der Waals surface area (Å²) in [6, 6.07) is 36.2. The molecule has 43 heavy (non-hydrogen) atoms. The van der Waals surface area contributed by atoms with Crippen LogP contribution in [0, 0.1) is 6.92 Å². The zero-order chi connectivity index (χ0) is 29.8. The van der Waals surface area contributed by atoms with Crippen molar-refractivity contribution in [2.24, 2.45) is 0 Å². The van der Waals surface area contributed by atoms with Gasteiger partial charge in [-0.3, -0.25) is 14.4 Å². The number of rotatable bonds is 8. The quantitative estimate of drug-likeness (QED) is 0.216. The molecule has 9 nitrogen and oxygen atoms in total. The Labute approximate surface area is 247 Å². The van der Waals surface area contributed by atoms with Gasteiger partial charge in [0, 0.05) is 17.6 Å². The second kappa shape index (κ2) is 11.8. The van der Waals surface area contributed by atoms with E-state index in [4.69, 9.17) is 0 Å². The van der Waals surface area contributed by atoms with Gasteiger partial charge in [-0.25, -0.2) is 9.36 Å². The van der Waals surface area contributed by atoms with E-state index in [1.165, 1.54) is 10.9 Å². The number of aromatic nitrogens is 4. The van der Waals surface area contributed by atoms with Gasteiger partial charge in [0.1, 0.15) is 0 Å². The maximum atomic E-state index is 14.4. The SMILES string of the molecule is Cc1c(C(=O)c2cn(-c3ccccc3)nc2C(=O)Nc2ccccc2)c(C(=O)Nc2ccccc2)nn1-c1ccccc1. The van der Waals surface area contributed by atoms with Crippen LogP contribution in [0.4, 0.5) is 11.4 Å². The van der Waals surface area contributed by atoms with Crippen LogP contribution in [0.3, 0.4) is 0 Å². The lowest BCUT2D eigenvalue weighted by Crippen LogP contribution is -2.20. The van der Waals surface area contributed by atoms with Crippen molar-refractivity contribution in [1.82, 2.24) is 19.6 Å². The molecule has 2 aromatic heterocycles. The first-order valence-electron chi connectivity index (χ1n) is 13.6. The maximum Gasteiger partial charge on any atom is 0.276 e. The molecule has 4 aromatic carbocycles. The number of anilines is 2. The molecule has 6 aromatic rings. The molecule has 0 saturated heterocycles. The molecule has 2 N–H and O–H groups in total. The van der Waals surface area contributed by atoms with E-state index in [9.17, 15) is 14.4 Å². The third-order valence-electron chi connectivity index (χ3n) is 6.82. The molecule has 210 valence electrons. The molecule has 0 atom stereocenters. The second-order valence-corrected chi connectivity index (χ2v) is 9.70. The molecular formula is C34H26N6O3. The molecule has 0 aliphatic carbocycles. The Morgan fingerprint density at radius 2 is 1.05 bits per heavy atom. The number of nitrogens with zero attached hydrogens (tertiary/aromatic N) is 4. The predicted octanol–water partition coefficient (Wildman–Crippen LogP) is 6.10. The lowest BCUT2D eigenvalue weighted by molar-refractivity contribution is 0.0985. The van der Waals surface area contributed by atoms with Crippen molar-refractivity contribution >= 4 is 29.0 Å². The molecule has 0 aliphatic heterocycles. The fourth-order valence-corrected chi connectivity index (χ4v) is 4.73. The van der Waals surface area contributed by atoms with E-state index in [2.05, 4.69) is 20.8 Å². The number of carbonyl (C=O) groups is 3. The van der Waals surface area contributed by atoms with Gasteiger partial charge in [0.2, 0.25) is 5.78 Å². The van der Waals surface area contributed by atoms with E-state index in [-0.39, 0.29) is 22.5 Å². The maximum absolute atomic E-state index is 14.4. The lowest BCUT2D eigenvalue weighted by atomic mass is 10.0. The summed E-state index contributed by atoms with van der Waals surface area (Å²) < 4.78 is 3.03. The molecule has 0 radical (unpaired) electrons. The predicted molar refractivity (Wildman–Crippen MR) is 164 cm³/mol. The van der Waals surface area contributed by atoms with Crippen molar-refractivity contribution in [1.29, 1.82) is 0 Å². The van der Waals surface area contributed by atoms with Crippen LogP contribution in [-0.4, -0.2) is 37.2 Å². The molecule has 0 aliphatic rings. The average molecular weight is 567 g/mol. The van der Waals surface area contributed by atoms with Crippen molar-refractivity contribution < 1.29 is 14.4 Å². The minimum absolute atomic E-state index is 0.0294. The van der Waals surface area contributed by atoms with Gasteiger partial charge in [0.25, 0.3) is 11.8 Å². The monoisotopic (exact) mass is 566 g/mol. The second-order valence-electron chi connectivity index (χ2n) is 9.70. The van der Waals surface area contributed by atoms with Gasteiger partial charge in [0.15, 0.2) is 11.4 Å². The minimum Gasteiger partial charge on any atom is -0.321 e. The van der Waals surface area contributed by atoms with E-state index < -0.39 is 17.6 Å². The van der Waals surface area contributed by atoms with E-state index in [0.29, 0.717) is 28.4 Å². The van der Waals surface area contributed by atoms with Gasteiger partial charge in [-0.2, -0.15) is 10.2 Å². The van der Waals surface area contributed by atoms with Crippen LogP contribution in [0.15, 0.2) is 128 Å². The fraction of sp³-hybridized carbons (Fsp3) is 0.0294. The highest BCUT2D eigenvalue weighted by molar-refractivity contribution is 6.21. The van der Waals surface area contributed by atoms with E-state index in [0.717, 1.165) is 0 Å². The molecule has 9 heteroatoms. The number of carbonyl (C=O) groups excluding carboxylic acids is 3. The third kappa shape index (κ3) is 5.59. The number of benzene rings is 4. The van der Waals surface area contributed by atoms with Crippen molar-refractivity contribution in [2.45, 2.75) is 6.92 Å². The van der Waals surface area contributed by atoms with Gasteiger partial charge in [-0.15, -0.1) is 0 Å². The van der Waals surface area contributed by atoms with Crippen LogP contribution >= 0.6 is 0 Å². The van der Waals surface area contributed by atoms with Crippen LogP contribution < -0.4 is 10.6 Å². The standard InChI is InChI=1S/C34H26N6O3/c1-23-29(31(34(43)36-25-16-8-3-9-17-25)38-40(23)27-20-12-5-13-21-27)32(41)28-22-39(26-18-10-4-11-19-26)37-30(28)33(42)35-24-14-6-2-7-15-24/h2-22H,1H3,(H,35,42)(H,36,43). The molecule has 6 rings (SSSR count). The molecule has 2 amide bonds. The summed E-state index contributed by atoms with van der Waals surface area (Å²) in [6.07, 6.45) is 1.51. The summed E-state index contributed by atoms with van der Waals surface area (Å²) in [6.45, 7) is 1.72. The van der Waals surface area contributed by atoms with E-state index in [1.807, 2.05) is 72.8 Å². The normalized spacial score (nSPS) is 10.7. The summed E-state index contributed by atoms with van der Waals surface area (Å²) in [5.41, 5.74) is 2.82. The zero-order valence-electron chi connectivity index (χ0n) is 23.1. The Balaban J connectivity index is 1.48. The van der Waals surface area contributed by atoms with Crippen LogP contribution in [0.5, 0.6) is 0 Å². The molecule has 2 heterocycles. The van der Waals surface area contributed by atoms with Crippen molar-refractivity contribution in [2.75, 3.05) is 10.6 Å². The number of amides is 2. The molecular weight excluding hydrogens is 540 g/mol. The zero-order valence-corrected chi connectivity index (χ0v) is 23.1. The van der Waals surface area contributed by atoms with Gasteiger partial charge < -0.3 is 10.6 Å². The highest BCUT2D eigenvalue weighted by Crippen LogP contribution is 2.25. The Morgan fingerprint density at radius 3 is 1.58 bits per heavy atom. The summed E-state index contributed by atoms with van der Waals surface area (Å²) >= 11 is 0. The lowest BCUT2D eigenvalue weighted by Gasteiger charge is -2.07. The highest BCUT2D eigenvalue weighted by Gasteiger charge is 2.32. The molecule has 0 spiro atoms. The van der Waals surface area contributed by atoms with Gasteiger partial charge in [-0.1, -0.05) is 72.8 Å². The summed E-state index contributed by atoms with van der Waals surface area (Å²) in [4.78, 5) is 41.6. The molecule has 0 unspecified atom stereocenters. The first-order chi connectivity index (χ1) is 21.0. The minimum atomic E-state index is -0.562. The molecule has 0 bridgehead atoms. The van der Waals surface area contributed by atoms with Crippen LogP contribution in [0.2, 0.25) is 0 Å². The van der Waals surface area contributed by atoms with Crippen LogP contribution in [0.25, 0.3) is 11.4 Å². The van der Waals surface area contributed by atoms with Gasteiger partial charge in [0.05, 0.1) is 28.2 Å². The summed E-state index contributed by atoms with van der Waals surface area (Å²) in [5, 5.41) is 14.8. The van der Waals surface area contributed by atoms with Crippen molar-refractivity contribution in [3.63, 3.8) is 0 Å². The average Bonchev–Trinajstić information content (AvgIpc) is 3.65. The summed E-state index contributed by atoms with van der Waals surface area (Å²) in [5.74, 6) is -1.68. The number of ketones is 1. The molecule has 0 fully saturated rings. The van der Waals surface area contributed by atoms with Gasteiger partial charge in [-0.05, 0) is 55.5 Å². The van der Waals surface area contributed by atoms with Crippen molar-refractivity contribution in [3.05, 3.63) is 156 Å². The van der Waals surface area contributed by atoms with Crippen molar-refractivity contribution in [3.8, 4) is 11.4 Å². The van der Waals surface area contributed by atoms with E-state index in [1.54, 1.807) is 60.1 Å². The number of nitrogens with one attached hydrogen (secondary N) is 2. The number of hydrogen-bond acceptors (Lipinski definition) is 5. The Morgan fingerprint density at radius 1 is 0.581 bits per heavy atom. The Bertz CT molecular complexity index is 1920. The van der Waals surface area contributed by atoms with Gasteiger partial charge >= 0.3 is 0 Å². The fourth-order valence-electron chi connectivity index (χ4n) is 4.73. The highest BCUT2D eigenvalue weighted by atomic mass is 16.2. The summed E-state index contributed by atoms with van der Waals surface area (Å²) in [7, 11) is 0. The topological polar surface area (TPSA) is 111 Å². The van der Waals surface area contributed by atoms with E-state index >= 15 is 0 Å². The van der Waals surface area contributed by atoms with Crippen LogP contribution in [-0.2, 0) is 0 Å². The first-order valence-corrected chi connectivity index (χ1v) is 13.6. The Hall–Kier alpha value is -6.09. The smallest absolute Gasteiger partial charge is 0.276 e. The molecule has 0 saturated carbocycles. The Kier molecular flexibility index (Phi) is 7.43. The first kappa shape index (κ1) is 27.1. The largest absolute Gasteiger partial charge is 0.321 e.